The molecule has 0 aromatic heterocycles. The standard InChI is InChI=1S/C14H18O3/c15-14(7-2-8-16-10-14)11-3-1-4-13(9-11)17-12-5-6-12/h1,3-4,9,12,15H,2,5-8,10H2. The van der Waals surface area contributed by atoms with Crippen molar-refractivity contribution in [3.8, 4) is 5.75 Å². The summed E-state index contributed by atoms with van der Waals surface area (Å²) < 4.78 is 11.1. The monoisotopic (exact) mass is 234 g/mol. The molecule has 17 heavy (non-hydrogen) atoms. The normalized spacial score (nSPS) is 29.0. The Bertz CT molecular complexity index is 392. The highest BCUT2D eigenvalue weighted by molar-refractivity contribution is 5.33. The molecule has 3 nitrogen and oxygen atoms in total. The largest absolute Gasteiger partial charge is 0.490 e. The molecule has 1 heterocycles. The fourth-order valence-corrected chi connectivity index (χ4v) is 2.24. The molecule has 2 fully saturated rings. The summed E-state index contributed by atoms with van der Waals surface area (Å²) in [5.74, 6) is 0.865. The highest BCUT2D eigenvalue weighted by Gasteiger charge is 2.32. The predicted octanol–water partition coefficient (Wildman–Crippen LogP) is 2.23. The SMILES string of the molecule is OC1(c2cccc(OC3CC3)c2)CCCOC1. The minimum Gasteiger partial charge on any atom is -0.490 e. The van der Waals surface area contributed by atoms with E-state index in [0.29, 0.717) is 12.7 Å². The van der Waals surface area contributed by atoms with Crippen LogP contribution in [0.4, 0.5) is 0 Å². The van der Waals surface area contributed by atoms with Gasteiger partial charge >= 0.3 is 0 Å². The predicted molar refractivity (Wildman–Crippen MR) is 64.0 cm³/mol. The topological polar surface area (TPSA) is 38.7 Å². The van der Waals surface area contributed by atoms with Crippen LogP contribution in [0.25, 0.3) is 0 Å². The van der Waals surface area contributed by atoms with Gasteiger partial charge in [-0.3, -0.25) is 0 Å². The summed E-state index contributed by atoms with van der Waals surface area (Å²) >= 11 is 0. The zero-order chi connectivity index (χ0) is 11.7. The van der Waals surface area contributed by atoms with Gasteiger partial charge in [-0.05, 0) is 43.4 Å². The van der Waals surface area contributed by atoms with Crippen LogP contribution in [0.3, 0.4) is 0 Å². The van der Waals surface area contributed by atoms with Crippen LogP contribution in [-0.4, -0.2) is 24.4 Å². The average Bonchev–Trinajstić information content (AvgIpc) is 3.14. The Kier molecular flexibility index (Phi) is 2.81. The van der Waals surface area contributed by atoms with Gasteiger partial charge in [0.15, 0.2) is 0 Å². The van der Waals surface area contributed by atoms with Crippen molar-refractivity contribution in [2.75, 3.05) is 13.2 Å². The van der Waals surface area contributed by atoms with Crippen molar-refractivity contribution >= 4 is 0 Å². The summed E-state index contributed by atoms with van der Waals surface area (Å²) in [5, 5.41) is 10.5. The van der Waals surface area contributed by atoms with Gasteiger partial charge in [0.1, 0.15) is 11.4 Å². The van der Waals surface area contributed by atoms with Crippen LogP contribution >= 0.6 is 0 Å². The summed E-state index contributed by atoms with van der Waals surface area (Å²) in [7, 11) is 0. The van der Waals surface area contributed by atoms with E-state index in [1.54, 1.807) is 0 Å². The summed E-state index contributed by atoms with van der Waals surface area (Å²) in [4.78, 5) is 0. The van der Waals surface area contributed by atoms with E-state index >= 15 is 0 Å². The van der Waals surface area contributed by atoms with Crippen molar-refractivity contribution < 1.29 is 14.6 Å². The van der Waals surface area contributed by atoms with Crippen LogP contribution in [-0.2, 0) is 10.3 Å². The molecule has 1 atom stereocenters. The Labute approximate surface area is 101 Å². The third kappa shape index (κ3) is 2.45. The Morgan fingerprint density at radius 2 is 2.24 bits per heavy atom. The molecule has 0 amide bonds. The lowest BCUT2D eigenvalue weighted by Crippen LogP contribution is -2.35. The van der Waals surface area contributed by atoms with Gasteiger partial charge in [0.05, 0.1) is 12.7 Å². The van der Waals surface area contributed by atoms with E-state index in [4.69, 9.17) is 9.47 Å². The minimum atomic E-state index is -0.832. The van der Waals surface area contributed by atoms with Crippen LogP contribution < -0.4 is 4.74 Å². The molecule has 1 saturated carbocycles. The number of aliphatic hydroxyl groups is 1. The van der Waals surface area contributed by atoms with Crippen LogP contribution in [0.15, 0.2) is 24.3 Å². The summed E-state index contributed by atoms with van der Waals surface area (Å²) in [6, 6.07) is 7.80. The maximum absolute atomic E-state index is 10.5. The lowest BCUT2D eigenvalue weighted by atomic mass is 9.88. The fourth-order valence-electron chi connectivity index (χ4n) is 2.24. The van der Waals surface area contributed by atoms with E-state index < -0.39 is 5.60 Å². The van der Waals surface area contributed by atoms with E-state index in [9.17, 15) is 5.11 Å². The van der Waals surface area contributed by atoms with Crippen molar-refractivity contribution in [3.63, 3.8) is 0 Å². The van der Waals surface area contributed by atoms with Gasteiger partial charge in [-0.15, -0.1) is 0 Å². The maximum Gasteiger partial charge on any atom is 0.120 e. The van der Waals surface area contributed by atoms with Gasteiger partial charge in [0.2, 0.25) is 0 Å². The van der Waals surface area contributed by atoms with Gasteiger partial charge in [0, 0.05) is 6.61 Å². The van der Waals surface area contributed by atoms with Crippen LogP contribution in [0.2, 0.25) is 0 Å². The Morgan fingerprint density at radius 3 is 2.94 bits per heavy atom. The van der Waals surface area contributed by atoms with Crippen molar-refractivity contribution in [1.82, 2.24) is 0 Å². The van der Waals surface area contributed by atoms with E-state index in [2.05, 4.69) is 0 Å². The fraction of sp³-hybridized carbons (Fsp3) is 0.571. The summed E-state index contributed by atoms with van der Waals surface area (Å²) in [5.41, 5.74) is 0.0802. The zero-order valence-electron chi connectivity index (χ0n) is 9.89. The second-order valence-electron chi connectivity index (χ2n) is 5.03. The zero-order valence-corrected chi connectivity index (χ0v) is 9.89. The van der Waals surface area contributed by atoms with Gasteiger partial charge in [-0.25, -0.2) is 0 Å². The molecule has 1 unspecified atom stereocenters. The molecule has 0 spiro atoms. The van der Waals surface area contributed by atoms with Crippen molar-refractivity contribution in [2.45, 2.75) is 37.4 Å². The Balaban J connectivity index is 1.80. The van der Waals surface area contributed by atoms with Crippen molar-refractivity contribution in [1.29, 1.82) is 0 Å². The molecule has 0 bridgehead atoms. The van der Waals surface area contributed by atoms with Gasteiger partial charge in [0.25, 0.3) is 0 Å². The quantitative estimate of drug-likeness (QED) is 0.871. The molecule has 2 aliphatic rings. The number of rotatable bonds is 3. The molecule has 1 aliphatic heterocycles. The first kappa shape index (κ1) is 11.1. The van der Waals surface area contributed by atoms with Crippen LogP contribution in [0.5, 0.6) is 5.75 Å². The van der Waals surface area contributed by atoms with Crippen LogP contribution in [0.1, 0.15) is 31.2 Å². The first-order valence-corrected chi connectivity index (χ1v) is 6.34. The second-order valence-corrected chi connectivity index (χ2v) is 5.03. The molecular formula is C14H18O3. The first-order valence-electron chi connectivity index (χ1n) is 6.34. The van der Waals surface area contributed by atoms with Crippen LogP contribution in [0, 0.1) is 0 Å². The summed E-state index contributed by atoms with van der Waals surface area (Å²) in [6.45, 7) is 1.14. The van der Waals surface area contributed by atoms with E-state index in [1.807, 2.05) is 24.3 Å². The summed E-state index contributed by atoms with van der Waals surface area (Å²) in [6.07, 6.45) is 4.36. The molecule has 1 aromatic rings. The average molecular weight is 234 g/mol. The number of ether oxygens (including phenoxy) is 2. The third-order valence-corrected chi connectivity index (χ3v) is 3.42. The van der Waals surface area contributed by atoms with E-state index in [0.717, 1.165) is 43.6 Å². The molecule has 92 valence electrons. The molecule has 1 saturated heterocycles. The van der Waals surface area contributed by atoms with Crippen molar-refractivity contribution in [3.05, 3.63) is 29.8 Å². The van der Waals surface area contributed by atoms with Gasteiger partial charge in [-0.1, -0.05) is 12.1 Å². The molecule has 0 radical (unpaired) electrons. The van der Waals surface area contributed by atoms with Crippen molar-refractivity contribution in [2.24, 2.45) is 0 Å². The van der Waals surface area contributed by atoms with E-state index in [1.165, 1.54) is 0 Å². The minimum absolute atomic E-state index is 0.389. The highest BCUT2D eigenvalue weighted by Crippen LogP contribution is 2.33. The number of hydrogen-bond acceptors (Lipinski definition) is 3. The molecule has 3 rings (SSSR count). The molecule has 3 heteroatoms. The third-order valence-electron chi connectivity index (χ3n) is 3.42. The second kappa shape index (κ2) is 4.31. The molecule has 1 aromatic carbocycles. The molecular weight excluding hydrogens is 216 g/mol. The molecule has 1 aliphatic carbocycles. The van der Waals surface area contributed by atoms with Gasteiger partial charge < -0.3 is 14.6 Å². The van der Waals surface area contributed by atoms with Gasteiger partial charge in [-0.2, -0.15) is 0 Å². The highest BCUT2D eigenvalue weighted by atomic mass is 16.5. The smallest absolute Gasteiger partial charge is 0.120 e. The molecule has 1 N–H and O–H groups in total. The Morgan fingerprint density at radius 1 is 1.35 bits per heavy atom. The lowest BCUT2D eigenvalue weighted by Gasteiger charge is -2.32. The van der Waals surface area contributed by atoms with E-state index in [-0.39, 0.29) is 0 Å². The lowest BCUT2D eigenvalue weighted by molar-refractivity contribution is -0.0903. The first-order chi connectivity index (χ1) is 8.26. The maximum atomic E-state index is 10.5. The number of benzene rings is 1. The Hall–Kier alpha value is -1.06. The number of hydrogen-bond donors (Lipinski definition) is 1.